The molecule has 1 saturated heterocycles. The maximum atomic E-state index is 11.8. The van der Waals surface area contributed by atoms with E-state index < -0.39 is 17.7 Å². The topological polar surface area (TPSA) is 90.6 Å². The van der Waals surface area contributed by atoms with E-state index in [1.54, 1.807) is 31.2 Å². The van der Waals surface area contributed by atoms with Crippen molar-refractivity contribution in [3.63, 3.8) is 0 Å². The van der Waals surface area contributed by atoms with E-state index in [0.29, 0.717) is 11.3 Å². The van der Waals surface area contributed by atoms with Crippen molar-refractivity contribution in [2.45, 2.75) is 18.9 Å². The molecule has 1 atom stereocenters. The Labute approximate surface area is 109 Å². The Hall–Kier alpha value is -2.55. The molecule has 1 heterocycles. The van der Waals surface area contributed by atoms with Gasteiger partial charge in [-0.1, -0.05) is 6.07 Å². The van der Waals surface area contributed by atoms with Crippen molar-refractivity contribution in [3.8, 4) is 6.07 Å². The third-order valence-corrected chi connectivity index (χ3v) is 2.86. The molecule has 1 aliphatic heterocycles. The molecular formula is C13H12N2O4. The van der Waals surface area contributed by atoms with E-state index in [2.05, 4.69) is 0 Å². The van der Waals surface area contributed by atoms with Crippen LogP contribution in [0.3, 0.4) is 0 Å². The molecule has 1 N–H and O–H groups in total. The molecular weight excluding hydrogens is 248 g/mol. The second-order valence-electron chi connectivity index (χ2n) is 4.64. The van der Waals surface area contributed by atoms with Gasteiger partial charge in [0, 0.05) is 5.69 Å². The molecule has 6 heteroatoms. The van der Waals surface area contributed by atoms with Crippen LogP contribution in [0.5, 0.6) is 0 Å². The van der Waals surface area contributed by atoms with Crippen molar-refractivity contribution >= 4 is 17.7 Å². The Balaban J connectivity index is 2.25. The molecule has 0 aliphatic carbocycles. The molecule has 0 bridgehead atoms. The Bertz CT molecular complexity index is 578. The van der Waals surface area contributed by atoms with Crippen LogP contribution < -0.4 is 4.90 Å². The van der Waals surface area contributed by atoms with Crippen molar-refractivity contribution in [3.05, 3.63) is 29.8 Å². The lowest BCUT2D eigenvalue weighted by atomic mass is 10.0. The fourth-order valence-electron chi connectivity index (χ4n) is 2.05. The summed E-state index contributed by atoms with van der Waals surface area (Å²) in [7, 11) is 0. The largest absolute Gasteiger partial charge is 0.481 e. The van der Waals surface area contributed by atoms with Gasteiger partial charge in [0.2, 0.25) is 0 Å². The predicted octanol–water partition coefficient (Wildman–Crippen LogP) is 1.75. The number of anilines is 1. The summed E-state index contributed by atoms with van der Waals surface area (Å²) in [5, 5.41) is 17.6. The van der Waals surface area contributed by atoms with Gasteiger partial charge >= 0.3 is 12.1 Å². The number of hydrogen-bond acceptors (Lipinski definition) is 4. The van der Waals surface area contributed by atoms with Gasteiger partial charge in [-0.2, -0.15) is 5.26 Å². The number of aliphatic carboxylic acids is 1. The van der Waals surface area contributed by atoms with E-state index in [1.807, 2.05) is 6.07 Å². The fraction of sp³-hybridized carbons (Fsp3) is 0.308. The molecule has 6 nitrogen and oxygen atoms in total. The first kappa shape index (κ1) is 12.9. The Morgan fingerprint density at radius 1 is 1.63 bits per heavy atom. The Kier molecular flexibility index (Phi) is 3.13. The fourth-order valence-corrected chi connectivity index (χ4v) is 2.05. The first-order chi connectivity index (χ1) is 8.93. The second kappa shape index (κ2) is 4.61. The van der Waals surface area contributed by atoms with Crippen LogP contribution in [-0.2, 0) is 9.53 Å². The minimum absolute atomic E-state index is 0.146. The van der Waals surface area contributed by atoms with E-state index in [9.17, 15) is 9.59 Å². The highest BCUT2D eigenvalue weighted by atomic mass is 16.6. The number of carbonyl (C=O) groups is 2. The molecule has 1 fully saturated rings. The molecule has 0 aromatic heterocycles. The van der Waals surface area contributed by atoms with Crippen molar-refractivity contribution < 1.29 is 19.4 Å². The molecule has 0 saturated carbocycles. The molecule has 98 valence electrons. The van der Waals surface area contributed by atoms with E-state index in [0.717, 1.165) is 0 Å². The number of ether oxygens (including phenoxy) is 1. The monoisotopic (exact) mass is 260 g/mol. The quantitative estimate of drug-likeness (QED) is 0.893. The van der Waals surface area contributed by atoms with Gasteiger partial charge in [-0.25, -0.2) is 4.79 Å². The van der Waals surface area contributed by atoms with Gasteiger partial charge in [-0.3, -0.25) is 9.69 Å². The van der Waals surface area contributed by atoms with Crippen LogP contribution in [0.4, 0.5) is 10.5 Å². The zero-order valence-corrected chi connectivity index (χ0v) is 10.3. The average molecular weight is 260 g/mol. The van der Waals surface area contributed by atoms with Gasteiger partial charge < -0.3 is 9.84 Å². The normalized spacial score (nSPS) is 21.9. The van der Waals surface area contributed by atoms with Crippen LogP contribution in [0, 0.1) is 11.3 Å². The maximum absolute atomic E-state index is 11.8. The third-order valence-electron chi connectivity index (χ3n) is 2.86. The van der Waals surface area contributed by atoms with E-state index in [-0.39, 0.29) is 13.0 Å². The number of nitriles is 1. The first-order valence-electron chi connectivity index (χ1n) is 5.66. The lowest BCUT2D eigenvalue weighted by Crippen LogP contribution is -2.33. The number of benzene rings is 1. The minimum Gasteiger partial charge on any atom is -0.481 e. The Morgan fingerprint density at radius 3 is 3.00 bits per heavy atom. The number of carboxylic acids is 1. The summed E-state index contributed by atoms with van der Waals surface area (Å²) < 4.78 is 5.12. The van der Waals surface area contributed by atoms with Crippen LogP contribution in [0.15, 0.2) is 24.3 Å². The van der Waals surface area contributed by atoms with Gasteiger partial charge in [0.05, 0.1) is 24.6 Å². The number of amides is 1. The zero-order chi connectivity index (χ0) is 14.0. The highest BCUT2D eigenvalue weighted by Gasteiger charge is 2.43. The first-order valence-corrected chi connectivity index (χ1v) is 5.66. The van der Waals surface area contributed by atoms with Gasteiger partial charge in [0.1, 0.15) is 5.60 Å². The van der Waals surface area contributed by atoms with Crippen LogP contribution in [0.25, 0.3) is 0 Å². The summed E-state index contributed by atoms with van der Waals surface area (Å²) in [5.74, 6) is -1.03. The van der Waals surface area contributed by atoms with Crippen molar-refractivity contribution in [2.24, 2.45) is 0 Å². The molecule has 19 heavy (non-hydrogen) atoms. The number of hydrogen-bond donors (Lipinski definition) is 1. The second-order valence-corrected chi connectivity index (χ2v) is 4.64. The molecule has 0 radical (unpaired) electrons. The molecule has 0 spiro atoms. The smallest absolute Gasteiger partial charge is 0.415 e. The average Bonchev–Trinajstić information content (AvgIpc) is 2.63. The summed E-state index contributed by atoms with van der Waals surface area (Å²) in [6, 6.07) is 8.51. The van der Waals surface area contributed by atoms with Gasteiger partial charge in [0.25, 0.3) is 0 Å². The molecule has 1 aromatic rings. The SMILES string of the molecule is CC1(CC(=O)O)CN(c2cccc(C#N)c2)C(=O)O1. The Morgan fingerprint density at radius 2 is 2.37 bits per heavy atom. The van der Waals surface area contributed by atoms with Gasteiger partial charge in [-0.05, 0) is 25.1 Å². The summed E-state index contributed by atoms with van der Waals surface area (Å²) >= 11 is 0. The van der Waals surface area contributed by atoms with Crippen molar-refractivity contribution in [2.75, 3.05) is 11.4 Å². The van der Waals surface area contributed by atoms with Crippen molar-refractivity contribution in [1.82, 2.24) is 0 Å². The molecule has 1 aliphatic rings. The maximum Gasteiger partial charge on any atom is 0.415 e. The van der Waals surface area contributed by atoms with Crippen molar-refractivity contribution in [1.29, 1.82) is 5.26 Å². The number of rotatable bonds is 3. The summed E-state index contributed by atoms with van der Waals surface area (Å²) in [6.45, 7) is 1.72. The molecule has 1 unspecified atom stereocenters. The van der Waals surface area contributed by atoms with Gasteiger partial charge in [0.15, 0.2) is 0 Å². The zero-order valence-electron chi connectivity index (χ0n) is 10.3. The lowest BCUT2D eigenvalue weighted by molar-refractivity contribution is -0.140. The number of nitrogens with zero attached hydrogens (tertiary/aromatic N) is 2. The van der Waals surface area contributed by atoms with Crippen LogP contribution in [-0.4, -0.2) is 29.3 Å². The number of carbonyl (C=O) groups excluding carboxylic acids is 1. The van der Waals surface area contributed by atoms with Crippen LogP contribution in [0.2, 0.25) is 0 Å². The van der Waals surface area contributed by atoms with Crippen LogP contribution in [0.1, 0.15) is 18.9 Å². The molecule has 1 aromatic carbocycles. The number of carboxylic acid groups (broad SMARTS) is 1. The predicted molar refractivity (Wildman–Crippen MR) is 65.6 cm³/mol. The van der Waals surface area contributed by atoms with E-state index in [1.165, 1.54) is 4.90 Å². The lowest BCUT2D eigenvalue weighted by Gasteiger charge is -2.19. The molecule has 2 rings (SSSR count). The van der Waals surface area contributed by atoms with Gasteiger partial charge in [-0.15, -0.1) is 0 Å². The number of cyclic esters (lactones) is 1. The highest BCUT2D eigenvalue weighted by Crippen LogP contribution is 2.30. The summed E-state index contributed by atoms with van der Waals surface area (Å²) in [4.78, 5) is 23.9. The minimum atomic E-state index is -1.05. The summed E-state index contributed by atoms with van der Waals surface area (Å²) in [6.07, 6.45) is -0.855. The summed E-state index contributed by atoms with van der Waals surface area (Å²) in [5.41, 5.74) is -0.0961. The molecule has 1 amide bonds. The van der Waals surface area contributed by atoms with E-state index >= 15 is 0 Å². The van der Waals surface area contributed by atoms with Crippen LogP contribution >= 0.6 is 0 Å². The van der Waals surface area contributed by atoms with E-state index in [4.69, 9.17) is 15.1 Å². The highest BCUT2D eigenvalue weighted by molar-refractivity contribution is 5.91. The standard InChI is InChI=1S/C13H12N2O4/c1-13(6-11(16)17)8-15(12(18)19-13)10-4-2-3-9(5-10)7-14/h2-5H,6,8H2,1H3,(H,16,17). The third kappa shape index (κ3) is 2.65.